The van der Waals surface area contributed by atoms with Crippen molar-refractivity contribution in [3.8, 4) is 5.69 Å². The molecule has 4 heterocycles. The molecule has 3 saturated heterocycles. The zero-order valence-electron chi connectivity index (χ0n) is 22.6. The summed E-state index contributed by atoms with van der Waals surface area (Å²) in [6, 6.07) is 13.9. The molecule has 7 rings (SSSR count). The molecule has 3 atom stereocenters. The number of halogens is 1. The van der Waals surface area contributed by atoms with Crippen LogP contribution in [-0.4, -0.2) is 87.5 Å². The van der Waals surface area contributed by atoms with E-state index in [1.54, 1.807) is 29.2 Å². The molecule has 1 saturated carbocycles. The molecular weight excluding hydrogens is 509 g/mol. The van der Waals surface area contributed by atoms with Crippen LogP contribution in [0.3, 0.4) is 0 Å². The molecule has 40 heavy (non-hydrogen) atoms. The fraction of sp³-hybridized carbons (Fsp3) is 0.467. The molecule has 2 bridgehead atoms. The SMILES string of the molecule is O=C(NC(CCCN[C@@H]1C[C@H]1c1ccc(F)cc1)C(=O)N1CCN2CCC1CC2)c1ccc(-n2ccnn2)cc1. The number of piperidine rings is 1. The topological polar surface area (TPSA) is 95.4 Å². The summed E-state index contributed by atoms with van der Waals surface area (Å²) in [5.74, 6) is -0.0389. The lowest BCUT2D eigenvalue weighted by Crippen LogP contribution is -2.52. The minimum atomic E-state index is -0.580. The molecule has 1 aliphatic carbocycles. The molecule has 1 unspecified atom stereocenters. The molecule has 9 nitrogen and oxygen atoms in total. The molecule has 0 radical (unpaired) electrons. The summed E-state index contributed by atoms with van der Waals surface area (Å²) in [4.78, 5) is 31.6. The molecule has 2 N–H and O–H groups in total. The number of fused-ring (bicyclic) bond motifs is 4. The van der Waals surface area contributed by atoms with E-state index in [0.717, 1.165) is 63.1 Å². The first-order chi connectivity index (χ1) is 19.5. The number of amides is 2. The fourth-order valence-corrected chi connectivity index (χ4v) is 6.08. The van der Waals surface area contributed by atoms with Gasteiger partial charge in [-0.25, -0.2) is 9.07 Å². The first-order valence-corrected chi connectivity index (χ1v) is 14.3. The van der Waals surface area contributed by atoms with Gasteiger partial charge in [0.15, 0.2) is 0 Å². The Hall–Kier alpha value is -3.63. The minimum Gasteiger partial charge on any atom is -0.340 e. The summed E-state index contributed by atoms with van der Waals surface area (Å²) in [7, 11) is 0. The number of nitrogens with one attached hydrogen (secondary N) is 2. The van der Waals surface area contributed by atoms with Crippen molar-refractivity contribution < 1.29 is 14.0 Å². The second-order valence-corrected chi connectivity index (χ2v) is 11.1. The maximum absolute atomic E-state index is 13.8. The number of nitrogens with zero attached hydrogens (tertiary/aromatic N) is 5. The normalized spacial score (nSPS) is 24.4. The third-order valence-electron chi connectivity index (χ3n) is 8.52. The Labute approximate surface area is 233 Å². The molecule has 4 aliphatic rings. The maximum atomic E-state index is 13.8. The van der Waals surface area contributed by atoms with Crippen molar-refractivity contribution in [3.05, 3.63) is 77.9 Å². The Balaban J connectivity index is 1.08. The van der Waals surface area contributed by atoms with Gasteiger partial charge < -0.3 is 20.4 Å². The van der Waals surface area contributed by atoms with E-state index in [9.17, 15) is 14.0 Å². The largest absolute Gasteiger partial charge is 0.340 e. The van der Waals surface area contributed by atoms with Crippen LogP contribution in [0, 0.1) is 5.82 Å². The molecule has 3 aliphatic heterocycles. The molecule has 2 amide bonds. The van der Waals surface area contributed by atoms with E-state index >= 15 is 0 Å². The van der Waals surface area contributed by atoms with E-state index in [2.05, 4.69) is 25.8 Å². The zero-order valence-corrected chi connectivity index (χ0v) is 22.6. The van der Waals surface area contributed by atoms with E-state index in [0.29, 0.717) is 30.5 Å². The molecule has 3 aromatic rings. The third-order valence-corrected chi connectivity index (χ3v) is 8.52. The van der Waals surface area contributed by atoms with E-state index in [1.165, 1.54) is 12.1 Å². The van der Waals surface area contributed by atoms with Gasteiger partial charge in [0.2, 0.25) is 5.91 Å². The van der Waals surface area contributed by atoms with Gasteiger partial charge in [-0.05, 0) is 80.6 Å². The van der Waals surface area contributed by atoms with Crippen molar-refractivity contribution >= 4 is 11.8 Å². The summed E-state index contributed by atoms with van der Waals surface area (Å²) in [5, 5.41) is 14.5. The first kappa shape index (κ1) is 26.6. The Morgan fingerprint density at radius 1 is 1.00 bits per heavy atom. The molecule has 4 fully saturated rings. The molecular formula is C30H36FN7O2. The van der Waals surface area contributed by atoms with Crippen LogP contribution >= 0.6 is 0 Å². The van der Waals surface area contributed by atoms with Crippen LogP contribution in [0.25, 0.3) is 5.69 Å². The van der Waals surface area contributed by atoms with Crippen LogP contribution in [0.4, 0.5) is 4.39 Å². The maximum Gasteiger partial charge on any atom is 0.251 e. The molecule has 210 valence electrons. The van der Waals surface area contributed by atoms with E-state index < -0.39 is 6.04 Å². The summed E-state index contributed by atoms with van der Waals surface area (Å²) in [6.07, 6.45) is 7.68. The van der Waals surface area contributed by atoms with Crippen molar-refractivity contribution in [2.24, 2.45) is 0 Å². The van der Waals surface area contributed by atoms with Crippen LogP contribution in [0.2, 0.25) is 0 Å². The van der Waals surface area contributed by atoms with Crippen LogP contribution in [0.5, 0.6) is 0 Å². The number of rotatable bonds is 10. The highest BCUT2D eigenvalue weighted by Gasteiger charge is 2.38. The Kier molecular flexibility index (Phi) is 7.88. The van der Waals surface area contributed by atoms with Gasteiger partial charge in [-0.1, -0.05) is 17.3 Å². The lowest BCUT2D eigenvalue weighted by atomic mass is 10.0. The molecule has 0 spiro atoms. The quantitative estimate of drug-likeness (QED) is 0.381. The molecule has 2 aromatic carbocycles. The van der Waals surface area contributed by atoms with Crippen molar-refractivity contribution in [1.29, 1.82) is 0 Å². The number of hydrogen-bond donors (Lipinski definition) is 2. The standard InChI is InChI=1S/C30H36FN7O2/c31-23-7-3-21(4-8-23)26-20-28(26)32-13-1-2-27(30(40)37-19-18-36-15-11-24(37)12-16-36)34-29(39)22-5-9-25(10-6-22)38-17-14-33-35-38/h3-10,14,17,24,26-28,32H,1-2,11-13,15-16,18-20H2,(H,34,39)/t26-,27?,28+/m0/s1. The van der Waals surface area contributed by atoms with Gasteiger partial charge in [0, 0.05) is 49.7 Å². The second-order valence-electron chi connectivity index (χ2n) is 11.1. The van der Waals surface area contributed by atoms with Crippen molar-refractivity contribution in [2.75, 3.05) is 32.7 Å². The number of aromatic nitrogens is 3. The van der Waals surface area contributed by atoms with Gasteiger partial charge in [0.05, 0.1) is 18.1 Å². The second kappa shape index (κ2) is 11.9. The van der Waals surface area contributed by atoms with Crippen molar-refractivity contribution in [1.82, 2.24) is 35.4 Å². The van der Waals surface area contributed by atoms with E-state index in [-0.39, 0.29) is 23.7 Å². The van der Waals surface area contributed by atoms with Crippen molar-refractivity contribution in [2.45, 2.75) is 56.1 Å². The Morgan fingerprint density at radius 3 is 2.50 bits per heavy atom. The van der Waals surface area contributed by atoms with E-state index in [4.69, 9.17) is 0 Å². The summed E-state index contributed by atoms with van der Waals surface area (Å²) in [5.41, 5.74) is 2.46. The average Bonchev–Trinajstić information content (AvgIpc) is 3.66. The molecule has 1 aromatic heterocycles. The predicted molar refractivity (Wildman–Crippen MR) is 149 cm³/mol. The smallest absolute Gasteiger partial charge is 0.251 e. The highest BCUT2D eigenvalue weighted by Crippen LogP contribution is 2.40. The van der Waals surface area contributed by atoms with Gasteiger partial charge >= 0.3 is 0 Å². The highest BCUT2D eigenvalue weighted by atomic mass is 19.1. The minimum absolute atomic E-state index is 0.0250. The highest BCUT2D eigenvalue weighted by molar-refractivity contribution is 5.97. The monoisotopic (exact) mass is 545 g/mol. The van der Waals surface area contributed by atoms with Gasteiger partial charge in [-0.3, -0.25) is 9.59 Å². The number of carbonyl (C=O) groups excluding carboxylic acids is 2. The average molecular weight is 546 g/mol. The summed E-state index contributed by atoms with van der Waals surface area (Å²) < 4.78 is 14.9. The lowest BCUT2D eigenvalue weighted by molar-refractivity contribution is -0.135. The number of hydrogen-bond acceptors (Lipinski definition) is 6. The lowest BCUT2D eigenvalue weighted by Gasteiger charge is -2.34. The molecule has 10 heteroatoms. The first-order valence-electron chi connectivity index (χ1n) is 14.3. The van der Waals surface area contributed by atoms with Crippen molar-refractivity contribution in [3.63, 3.8) is 0 Å². The van der Waals surface area contributed by atoms with Gasteiger partial charge in [0.1, 0.15) is 11.9 Å². The van der Waals surface area contributed by atoms with Gasteiger partial charge in [0.25, 0.3) is 5.91 Å². The van der Waals surface area contributed by atoms with E-state index in [1.807, 2.05) is 29.2 Å². The Morgan fingerprint density at radius 2 is 1.77 bits per heavy atom. The zero-order chi connectivity index (χ0) is 27.5. The number of benzene rings is 2. The third kappa shape index (κ3) is 6.08. The van der Waals surface area contributed by atoms with Crippen LogP contribution in [-0.2, 0) is 4.79 Å². The Bertz CT molecular complexity index is 1290. The van der Waals surface area contributed by atoms with Gasteiger partial charge in [-0.15, -0.1) is 5.10 Å². The fourth-order valence-electron chi connectivity index (χ4n) is 6.08. The summed E-state index contributed by atoms with van der Waals surface area (Å²) in [6.45, 7) is 4.42. The predicted octanol–water partition coefficient (Wildman–Crippen LogP) is 2.74. The van der Waals surface area contributed by atoms with Crippen LogP contribution < -0.4 is 10.6 Å². The number of carbonyl (C=O) groups is 2. The summed E-state index contributed by atoms with van der Waals surface area (Å²) >= 11 is 0. The van der Waals surface area contributed by atoms with Crippen LogP contribution in [0.1, 0.15) is 53.9 Å². The van der Waals surface area contributed by atoms with Gasteiger partial charge in [-0.2, -0.15) is 0 Å². The van der Waals surface area contributed by atoms with Crippen LogP contribution in [0.15, 0.2) is 60.9 Å².